The number of ether oxygens (including phenoxy) is 1. The first-order chi connectivity index (χ1) is 14.0. The summed E-state index contributed by atoms with van der Waals surface area (Å²) >= 11 is 1.50. The average Bonchev–Trinajstić information content (AvgIpc) is 3.25. The van der Waals surface area contributed by atoms with Crippen molar-refractivity contribution in [2.75, 3.05) is 11.9 Å². The zero-order valence-corrected chi connectivity index (χ0v) is 17.2. The van der Waals surface area contributed by atoms with Crippen LogP contribution in [0.4, 0.5) is 5.69 Å². The molecule has 1 aromatic heterocycles. The molecular weight excluding hydrogens is 386 g/mol. The van der Waals surface area contributed by atoms with Crippen molar-refractivity contribution in [1.29, 1.82) is 0 Å². The van der Waals surface area contributed by atoms with E-state index in [4.69, 9.17) is 4.74 Å². The van der Waals surface area contributed by atoms with Gasteiger partial charge in [-0.1, -0.05) is 32.0 Å². The third kappa shape index (κ3) is 5.89. The first kappa shape index (κ1) is 20.5. The van der Waals surface area contributed by atoms with E-state index < -0.39 is 0 Å². The summed E-state index contributed by atoms with van der Waals surface area (Å²) in [6.07, 6.45) is 0. The Balaban J connectivity index is 1.69. The highest BCUT2D eigenvalue weighted by Gasteiger charge is 2.14. The van der Waals surface area contributed by atoms with Crippen molar-refractivity contribution in [2.24, 2.45) is 5.92 Å². The highest BCUT2D eigenvalue weighted by molar-refractivity contribution is 7.07. The number of hydrogen-bond donors (Lipinski definition) is 2. The molecule has 0 aliphatic carbocycles. The molecule has 0 saturated carbocycles. The van der Waals surface area contributed by atoms with Gasteiger partial charge in [-0.2, -0.15) is 0 Å². The lowest BCUT2D eigenvalue weighted by molar-refractivity contribution is 0.0950. The van der Waals surface area contributed by atoms with Gasteiger partial charge in [-0.05, 0) is 36.2 Å². The standard InChI is InChI=1S/C22H23N3O3S/c1-15(2)11-23-22(27)19-8-3-4-9-20(19)25-21(26)16-6-5-7-18(10-16)28-12-17-13-29-14-24-17/h3-10,13-15H,11-12H2,1-2H3,(H,23,27)(H,25,26). The highest BCUT2D eigenvalue weighted by Crippen LogP contribution is 2.19. The fraction of sp³-hybridized carbons (Fsp3) is 0.227. The number of rotatable bonds is 8. The van der Waals surface area contributed by atoms with Crippen molar-refractivity contribution in [3.8, 4) is 5.75 Å². The van der Waals surface area contributed by atoms with E-state index in [0.717, 1.165) is 5.69 Å². The summed E-state index contributed by atoms with van der Waals surface area (Å²) < 4.78 is 5.71. The first-order valence-electron chi connectivity index (χ1n) is 9.31. The minimum absolute atomic E-state index is 0.213. The third-order valence-electron chi connectivity index (χ3n) is 4.06. The molecule has 0 atom stereocenters. The van der Waals surface area contributed by atoms with Crippen LogP contribution in [0.3, 0.4) is 0 Å². The summed E-state index contributed by atoms with van der Waals surface area (Å²) in [5.41, 5.74) is 3.92. The number of thiazole rings is 1. The Morgan fingerprint density at radius 1 is 1.10 bits per heavy atom. The van der Waals surface area contributed by atoms with Crippen LogP contribution in [0.1, 0.15) is 40.3 Å². The summed E-state index contributed by atoms with van der Waals surface area (Å²) in [7, 11) is 0. The topological polar surface area (TPSA) is 80.3 Å². The van der Waals surface area contributed by atoms with E-state index >= 15 is 0 Å². The number of carbonyl (C=O) groups excluding carboxylic acids is 2. The van der Waals surface area contributed by atoms with Gasteiger partial charge in [0.25, 0.3) is 11.8 Å². The number of nitrogens with zero attached hydrogens (tertiary/aromatic N) is 1. The van der Waals surface area contributed by atoms with E-state index in [1.807, 2.05) is 19.2 Å². The summed E-state index contributed by atoms with van der Waals surface area (Å²) in [6.45, 7) is 4.96. The Morgan fingerprint density at radius 3 is 2.69 bits per heavy atom. The lowest BCUT2D eigenvalue weighted by Crippen LogP contribution is -2.28. The smallest absolute Gasteiger partial charge is 0.255 e. The van der Waals surface area contributed by atoms with Crippen molar-refractivity contribution >= 4 is 28.8 Å². The number of para-hydroxylation sites is 1. The lowest BCUT2D eigenvalue weighted by atomic mass is 10.1. The Kier molecular flexibility index (Phi) is 6.97. The molecule has 2 aromatic carbocycles. The summed E-state index contributed by atoms with van der Waals surface area (Å²) in [6, 6.07) is 13.9. The number of hydrogen-bond acceptors (Lipinski definition) is 5. The number of anilines is 1. The molecule has 0 aliphatic rings. The average molecular weight is 410 g/mol. The predicted octanol–water partition coefficient (Wildman–Crippen LogP) is 4.36. The molecule has 2 N–H and O–H groups in total. The molecule has 3 aromatic rings. The molecule has 1 heterocycles. The molecule has 0 unspecified atom stereocenters. The number of amides is 2. The normalized spacial score (nSPS) is 10.6. The number of aromatic nitrogens is 1. The van der Waals surface area contributed by atoms with Gasteiger partial charge in [0.2, 0.25) is 0 Å². The van der Waals surface area contributed by atoms with Crippen LogP contribution in [0, 0.1) is 5.92 Å². The fourth-order valence-electron chi connectivity index (χ4n) is 2.57. The van der Waals surface area contributed by atoms with Gasteiger partial charge in [-0.3, -0.25) is 9.59 Å². The molecule has 150 valence electrons. The molecule has 6 nitrogen and oxygen atoms in total. The summed E-state index contributed by atoms with van der Waals surface area (Å²) in [5, 5.41) is 7.62. The van der Waals surface area contributed by atoms with E-state index in [9.17, 15) is 9.59 Å². The first-order valence-corrected chi connectivity index (χ1v) is 10.3. The van der Waals surface area contributed by atoms with Crippen LogP contribution in [0.25, 0.3) is 0 Å². The predicted molar refractivity (Wildman–Crippen MR) is 114 cm³/mol. The lowest BCUT2D eigenvalue weighted by Gasteiger charge is -2.13. The van der Waals surface area contributed by atoms with Gasteiger partial charge < -0.3 is 15.4 Å². The van der Waals surface area contributed by atoms with Crippen LogP contribution in [-0.2, 0) is 6.61 Å². The second-order valence-corrected chi connectivity index (χ2v) is 7.62. The summed E-state index contributed by atoms with van der Waals surface area (Å²) in [4.78, 5) is 29.4. The molecule has 0 spiro atoms. The second-order valence-electron chi connectivity index (χ2n) is 6.90. The number of benzene rings is 2. The van der Waals surface area contributed by atoms with Gasteiger partial charge >= 0.3 is 0 Å². The number of nitrogens with one attached hydrogen (secondary N) is 2. The maximum atomic E-state index is 12.7. The van der Waals surface area contributed by atoms with Crippen LogP contribution < -0.4 is 15.4 Å². The molecule has 0 aliphatic heterocycles. The van der Waals surface area contributed by atoms with Crippen molar-refractivity contribution in [3.05, 3.63) is 76.2 Å². The number of carbonyl (C=O) groups is 2. The zero-order valence-electron chi connectivity index (χ0n) is 16.3. The Morgan fingerprint density at radius 2 is 1.93 bits per heavy atom. The van der Waals surface area contributed by atoms with Gasteiger partial charge in [0.1, 0.15) is 12.4 Å². The van der Waals surface area contributed by atoms with Crippen molar-refractivity contribution in [1.82, 2.24) is 10.3 Å². The third-order valence-corrected chi connectivity index (χ3v) is 4.69. The molecule has 2 amide bonds. The maximum absolute atomic E-state index is 12.7. The van der Waals surface area contributed by atoms with Gasteiger partial charge in [0, 0.05) is 17.5 Å². The van der Waals surface area contributed by atoms with Crippen molar-refractivity contribution in [3.63, 3.8) is 0 Å². The van der Waals surface area contributed by atoms with Crippen molar-refractivity contribution in [2.45, 2.75) is 20.5 Å². The van der Waals surface area contributed by atoms with Crippen LogP contribution in [0.5, 0.6) is 5.75 Å². The quantitative estimate of drug-likeness (QED) is 0.579. The maximum Gasteiger partial charge on any atom is 0.255 e. The molecule has 7 heteroatoms. The molecule has 0 fully saturated rings. The Bertz CT molecular complexity index is 971. The van der Waals surface area contributed by atoms with E-state index in [1.165, 1.54) is 11.3 Å². The summed E-state index contributed by atoms with van der Waals surface area (Å²) in [5.74, 6) is 0.393. The van der Waals surface area contributed by atoms with Crippen LogP contribution in [0.15, 0.2) is 59.4 Å². The molecular formula is C22H23N3O3S. The second kappa shape index (κ2) is 9.84. The van der Waals surface area contributed by atoms with Crippen LogP contribution >= 0.6 is 11.3 Å². The van der Waals surface area contributed by atoms with E-state index in [2.05, 4.69) is 15.6 Å². The largest absolute Gasteiger partial charge is 0.487 e. The van der Waals surface area contributed by atoms with Gasteiger partial charge in [0.05, 0.1) is 22.5 Å². The SMILES string of the molecule is CC(C)CNC(=O)c1ccccc1NC(=O)c1cccc(OCc2cscn2)c1. The minimum Gasteiger partial charge on any atom is -0.487 e. The van der Waals surface area contributed by atoms with Gasteiger partial charge in [-0.25, -0.2) is 4.98 Å². The monoisotopic (exact) mass is 409 g/mol. The molecule has 0 radical (unpaired) electrons. The van der Waals surface area contributed by atoms with E-state index in [-0.39, 0.29) is 11.8 Å². The van der Waals surface area contributed by atoms with Crippen LogP contribution in [0.2, 0.25) is 0 Å². The molecule has 0 bridgehead atoms. The molecule has 3 rings (SSSR count). The van der Waals surface area contributed by atoms with E-state index in [1.54, 1.807) is 54.0 Å². The zero-order chi connectivity index (χ0) is 20.6. The Labute approximate surface area is 173 Å². The fourth-order valence-corrected chi connectivity index (χ4v) is 3.11. The highest BCUT2D eigenvalue weighted by atomic mass is 32.1. The Hall–Kier alpha value is -3.19. The van der Waals surface area contributed by atoms with Gasteiger partial charge in [0.15, 0.2) is 0 Å². The van der Waals surface area contributed by atoms with Crippen LogP contribution in [-0.4, -0.2) is 23.3 Å². The van der Waals surface area contributed by atoms with E-state index in [0.29, 0.717) is 41.6 Å². The van der Waals surface area contributed by atoms with Gasteiger partial charge in [-0.15, -0.1) is 11.3 Å². The van der Waals surface area contributed by atoms with Crippen molar-refractivity contribution < 1.29 is 14.3 Å². The molecule has 0 saturated heterocycles. The molecule has 29 heavy (non-hydrogen) atoms. The minimum atomic E-state index is -0.312.